The molecule has 4 rings (SSSR count). The molecule has 2 aromatic carbocycles. The van der Waals surface area contributed by atoms with E-state index >= 15 is 0 Å². The van der Waals surface area contributed by atoms with Crippen LogP contribution in [-0.4, -0.2) is 13.3 Å². The lowest BCUT2D eigenvalue weighted by molar-refractivity contribution is 0.282. The van der Waals surface area contributed by atoms with Crippen molar-refractivity contribution < 1.29 is 9.47 Å². The topological polar surface area (TPSA) is 54.6 Å². The molecule has 0 bridgehead atoms. The molecule has 1 heterocycles. The normalized spacial score (nSPS) is 12.7. The lowest BCUT2D eigenvalue weighted by Crippen LogP contribution is -2.00. The van der Waals surface area contributed by atoms with E-state index < -0.39 is 0 Å². The van der Waals surface area contributed by atoms with Gasteiger partial charge in [0.2, 0.25) is 0 Å². The van der Waals surface area contributed by atoms with Crippen molar-refractivity contribution in [1.82, 2.24) is 0 Å². The summed E-state index contributed by atoms with van der Waals surface area (Å²) >= 11 is 11.4. The summed E-state index contributed by atoms with van der Waals surface area (Å²) in [5.74, 6) is 1.19. The molecule has 0 atom stereocenters. The zero-order valence-electron chi connectivity index (χ0n) is 16.2. The van der Waals surface area contributed by atoms with Gasteiger partial charge >= 0.3 is 0 Å². The molecule has 4 nitrogen and oxygen atoms in total. The van der Waals surface area contributed by atoms with Crippen molar-refractivity contribution in [1.29, 1.82) is 5.26 Å². The number of aliphatic imine (C=N–C) groups is 1. The van der Waals surface area contributed by atoms with Crippen molar-refractivity contribution in [3.8, 4) is 17.6 Å². The van der Waals surface area contributed by atoms with Gasteiger partial charge in [-0.05, 0) is 64.5 Å². The second-order valence-electron chi connectivity index (χ2n) is 6.82. The van der Waals surface area contributed by atoms with E-state index in [0.29, 0.717) is 23.1 Å². The summed E-state index contributed by atoms with van der Waals surface area (Å²) in [6, 6.07) is 13.7. The number of hydrogen-bond acceptors (Lipinski definition) is 5. The molecule has 1 aliphatic rings. The molecule has 1 aromatic heterocycles. The van der Waals surface area contributed by atoms with Crippen molar-refractivity contribution in [3.05, 3.63) is 73.0 Å². The van der Waals surface area contributed by atoms with Crippen molar-refractivity contribution in [2.75, 3.05) is 7.11 Å². The molecule has 0 fully saturated rings. The highest BCUT2D eigenvalue weighted by molar-refractivity contribution is 9.10. The largest absolute Gasteiger partial charge is 0.493 e. The minimum Gasteiger partial charge on any atom is -0.493 e. The number of rotatable bonds is 6. The molecule has 0 N–H and O–H groups in total. The Hall–Kier alpha value is -2.33. The Balaban J connectivity index is 1.57. The minimum atomic E-state index is 0.328. The standard InChI is InChI=1S/C23H18BrClN2O2S/c1-28-20-10-14(12-27-23-17(11-26)16-6-4-8-21(16)30-23)9-18(24)22(20)29-13-15-5-2-3-7-19(15)25/h2-3,5,7,9-10,12H,4,6,8,13H2,1H3. The van der Waals surface area contributed by atoms with E-state index in [2.05, 4.69) is 27.0 Å². The summed E-state index contributed by atoms with van der Waals surface area (Å²) in [6.07, 6.45) is 4.90. The third kappa shape index (κ3) is 4.24. The van der Waals surface area contributed by atoms with Crippen molar-refractivity contribution in [2.24, 2.45) is 4.99 Å². The molecule has 0 spiro atoms. The molecule has 0 radical (unpaired) electrons. The molecule has 0 aliphatic heterocycles. The van der Waals surface area contributed by atoms with Crippen LogP contribution < -0.4 is 9.47 Å². The number of fused-ring (bicyclic) bond motifs is 1. The summed E-state index contributed by atoms with van der Waals surface area (Å²) in [5.41, 5.74) is 3.64. The van der Waals surface area contributed by atoms with Gasteiger partial charge in [-0.3, -0.25) is 0 Å². The summed E-state index contributed by atoms with van der Waals surface area (Å²) in [7, 11) is 1.60. The summed E-state index contributed by atoms with van der Waals surface area (Å²) in [6.45, 7) is 0.328. The molecular weight excluding hydrogens is 484 g/mol. The van der Waals surface area contributed by atoms with Gasteiger partial charge in [0.1, 0.15) is 17.7 Å². The molecule has 0 amide bonds. The fourth-order valence-electron chi connectivity index (χ4n) is 3.45. The van der Waals surface area contributed by atoms with Crippen molar-refractivity contribution in [2.45, 2.75) is 25.9 Å². The number of benzene rings is 2. The Kier molecular flexibility index (Phi) is 6.43. The molecule has 0 unspecified atom stereocenters. The zero-order chi connectivity index (χ0) is 21.1. The van der Waals surface area contributed by atoms with Crippen LogP contribution >= 0.6 is 38.9 Å². The Morgan fingerprint density at radius 1 is 1.30 bits per heavy atom. The maximum absolute atomic E-state index is 9.53. The van der Waals surface area contributed by atoms with E-state index in [0.717, 1.165) is 45.4 Å². The smallest absolute Gasteiger partial charge is 0.175 e. The number of aryl methyl sites for hydroxylation is 1. The Morgan fingerprint density at radius 3 is 2.90 bits per heavy atom. The lowest BCUT2D eigenvalue weighted by atomic mass is 10.1. The number of ether oxygens (including phenoxy) is 2. The van der Waals surface area contributed by atoms with Crippen LogP contribution in [0, 0.1) is 11.3 Å². The summed E-state index contributed by atoms with van der Waals surface area (Å²) in [4.78, 5) is 5.89. The van der Waals surface area contributed by atoms with Crippen LogP contribution in [0.4, 0.5) is 5.00 Å². The fraction of sp³-hybridized carbons (Fsp3) is 0.217. The molecule has 152 valence electrons. The quantitative estimate of drug-likeness (QED) is 0.347. The second-order valence-corrected chi connectivity index (χ2v) is 9.17. The summed E-state index contributed by atoms with van der Waals surface area (Å²) < 4.78 is 12.3. The van der Waals surface area contributed by atoms with Crippen molar-refractivity contribution >= 4 is 50.1 Å². The maximum Gasteiger partial charge on any atom is 0.175 e. The van der Waals surface area contributed by atoms with Gasteiger partial charge in [-0.25, -0.2) is 4.99 Å². The number of thiophene rings is 1. The first-order valence-electron chi connectivity index (χ1n) is 9.43. The third-order valence-corrected chi connectivity index (χ3v) is 7.08. The first-order chi connectivity index (χ1) is 14.6. The molecule has 1 aliphatic carbocycles. The van der Waals surface area contributed by atoms with Crippen molar-refractivity contribution in [3.63, 3.8) is 0 Å². The van der Waals surface area contributed by atoms with Crippen LogP contribution in [-0.2, 0) is 19.4 Å². The van der Waals surface area contributed by atoms with Crippen LogP contribution in [0.15, 0.2) is 45.9 Å². The number of nitriles is 1. The van der Waals surface area contributed by atoms with E-state index in [9.17, 15) is 5.26 Å². The molecule has 3 aromatic rings. The second kappa shape index (κ2) is 9.22. The zero-order valence-corrected chi connectivity index (χ0v) is 19.4. The average molecular weight is 502 g/mol. The highest BCUT2D eigenvalue weighted by atomic mass is 79.9. The number of methoxy groups -OCH3 is 1. The van der Waals surface area contributed by atoms with Gasteiger partial charge in [-0.1, -0.05) is 29.8 Å². The molecule has 7 heteroatoms. The van der Waals surface area contributed by atoms with Crippen LogP contribution in [0.2, 0.25) is 5.02 Å². The van der Waals surface area contributed by atoms with Crippen LogP contribution in [0.5, 0.6) is 11.5 Å². The first kappa shape index (κ1) is 20.9. The Labute approximate surface area is 192 Å². The van der Waals surface area contributed by atoms with Gasteiger partial charge in [0.05, 0.1) is 17.1 Å². The van der Waals surface area contributed by atoms with Gasteiger partial charge < -0.3 is 9.47 Å². The SMILES string of the molecule is COc1cc(C=Nc2sc3c(c2C#N)CCC3)cc(Br)c1OCc1ccccc1Cl. The number of halogens is 2. The maximum atomic E-state index is 9.53. The molecule has 30 heavy (non-hydrogen) atoms. The fourth-order valence-corrected chi connectivity index (χ4v) is 5.40. The first-order valence-corrected chi connectivity index (χ1v) is 11.4. The van der Waals surface area contributed by atoms with Crippen LogP contribution in [0.25, 0.3) is 0 Å². The molecular formula is C23H18BrClN2O2S. The number of nitrogens with zero attached hydrogens (tertiary/aromatic N) is 2. The van der Waals surface area contributed by atoms with E-state index in [4.69, 9.17) is 21.1 Å². The lowest BCUT2D eigenvalue weighted by Gasteiger charge is -2.14. The Morgan fingerprint density at radius 2 is 2.13 bits per heavy atom. The average Bonchev–Trinajstić information content (AvgIpc) is 3.32. The minimum absolute atomic E-state index is 0.328. The van der Waals surface area contributed by atoms with E-state index in [1.807, 2.05) is 36.4 Å². The van der Waals surface area contributed by atoms with Crippen LogP contribution in [0.1, 0.15) is 33.6 Å². The van der Waals surface area contributed by atoms with Gasteiger partial charge in [-0.2, -0.15) is 5.26 Å². The highest BCUT2D eigenvalue weighted by Crippen LogP contribution is 2.41. The summed E-state index contributed by atoms with van der Waals surface area (Å²) in [5, 5.41) is 11.0. The molecule has 0 saturated heterocycles. The molecule has 0 saturated carbocycles. The number of hydrogen-bond donors (Lipinski definition) is 0. The predicted molar refractivity (Wildman–Crippen MR) is 125 cm³/mol. The Bertz CT molecular complexity index is 1170. The van der Waals surface area contributed by atoms with Gasteiger partial charge in [0, 0.05) is 21.7 Å². The van der Waals surface area contributed by atoms with Crippen LogP contribution in [0.3, 0.4) is 0 Å². The van der Waals surface area contributed by atoms with E-state index in [1.54, 1.807) is 24.7 Å². The highest BCUT2D eigenvalue weighted by Gasteiger charge is 2.21. The van der Waals surface area contributed by atoms with Gasteiger partial charge in [0.25, 0.3) is 0 Å². The third-order valence-electron chi connectivity index (χ3n) is 4.93. The van der Waals surface area contributed by atoms with Gasteiger partial charge in [-0.15, -0.1) is 11.3 Å². The van der Waals surface area contributed by atoms with E-state index in [1.165, 1.54) is 10.4 Å². The van der Waals surface area contributed by atoms with Gasteiger partial charge in [0.15, 0.2) is 11.5 Å². The van der Waals surface area contributed by atoms with E-state index in [-0.39, 0.29) is 0 Å². The predicted octanol–water partition coefficient (Wildman–Crippen LogP) is 6.86. The monoisotopic (exact) mass is 500 g/mol.